The zero-order valence-corrected chi connectivity index (χ0v) is 13.2. The van der Waals surface area contributed by atoms with Crippen LogP contribution in [-0.4, -0.2) is 24.5 Å². The van der Waals surface area contributed by atoms with Crippen molar-refractivity contribution in [1.82, 2.24) is 4.90 Å². The smallest absolute Gasteiger partial charge is 0.00924 e. The summed E-state index contributed by atoms with van der Waals surface area (Å²) in [4.78, 5) is 2.54. The average molecular weight is 239 g/mol. The summed E-state index contributed by atoms with van der Waals surface area (Å²) in [6.45, 7) is 18.3. The van der Waals surface area contributed by atoms with E-state index in [0.29, 0.717) is 5.41 Å². The molecule has 0 aliphatic carbocycles. The van der Waals surface area contributed by atoms with Gasteiger partial charge in [0, 0.05) is 12.6 Å². The molecular formula is C16H33N. The van der Waals surface area contributed by atoms with E-state index in [1.54, 1.807) is 0 Å². The summed E-state index contributed by atoms with van der Waals surface area (Å²) in [5, 5.41) is 0. The van der Waals surface area contributed by atoms with Crippen LogP contribution < -0.4 is 0 Å². The van der Waals surface area contributed by atoms with Gasteiger partial charge in [-0.15, -0.1) is 0 Å². The topological polar surface area (TPSA) is 3.24 Å². The lowest BCUT2D eigenvalue weighted by molar-refractivity contribution is -0.0180. The van der Waals surface area contributed by atoms with Crippen LogP contribution in [0, 0.1) is 29.1 Å². The zero-order chi connectivity index (χ0) is 13.4. The Kier molecular flexibility index (Phi) is 4.68. The van der Waals surface area contributed by atoms with Gasteiger partial charge in [0.25, 0.3) is 0 Å². The first kappa shape index (κ1) is 15.0. The van der Waals surface area contributed by atoms with E-state index in [4.69, 9.17) is 0 Å². The highest BCUT2D eigenvalue weighted by molar-refractivity contribution is 4.92. The van der Waals surface area contributed by atoms with Crippen LogP contribution in [0.3, 0.4) is 0 Å². The van der Waals surface area contributed by atoms with Gasteiger partial charge in [0.2, 0.25) is 0 Å². The minimum Gasteiger partial charge on any atom is -0.303 e. The molecule has 1 rings (SSSR count). The van der Waals surface area contributed by atoms with Gasteiger partial charge >= 0.3 is 0 Å². The molecule has 102 valence electrons. The maximum atomic E-state index is 2.54. The molecule has 1 fully saturated rings. The van der Waals surface area contributed by atoms with Gasteiger partial charge in [0.1, 0.15) is 0 Å². The highest BCUT2D eigenvalue weighted by Gasteiger charge is 2.42. The van der Waals surface area contributed by atoms with Gasteiger partial charge in [-0.1, -0.05) is 48.0 Å². The second-order valence-corrected chi connectivity index (χ2v) is 7.22. The number of hydrogen-bond acceptors (Lipinski definition) is 1. The van der Waals surface area contributed by atoms with Crippen molar-refractivity contribution in [2.24, 2.45) is 29.1 Å². The summed E-state index contributed by atoms with van der Waals surface area (Å²) >= 11 is 0. The highest BCUT2D eigenvalue weighted by atomic mass is 15.1. The van der Waals surface area contributed by atoms with Crippen LogP contribution in [0.2, 0.25) is 0 Å². The van der Waals surface area contributed by atoms with Crippen LogP contribution in [-0.2, 0) is 0 Å². The second kappa shape index (κ2) is 5.30. The molecule has 1 nitrogen and oxygen atoms in total. The predicted molar refractivity (Wildman–Crippen MR) is 77.1 cm³/mol. The van der Waals surface area contributed by atoms with Crippen molar-refractivity contribution >= 4 is 0 Å². The molecule has 0 radical (unpaired) electrons. The fraction of sp³-hybridized carbons (Fsp3) is 1.00. The molecule has 5 unspecified atom stereocenters. The monoisotopic (exact) mass is 239 g/mol. The molecule has 1 aliphatic heterocycles. The highest BCUT2D eigenvalue weighted by Crippen LogP contribution is 2.45. The first-order valence-corrected chi connectivity index (χ1v) is 7.42. The number of likely N-dealkylation sites (tertiary alicyclic amines) is 1. The standard InChI is InChI=1S/C16H33N/c1-9-16(6,7)13(4)15-11(2)10-17(8)14(5)12(15)3/h11-15H,9-10H2,1-8H3. The third-order valence-corrected chi connectivity index (χ3v) is 6.02. The molecule has 0 aromatic heterocycles. The van der Waals surface area contributed by atoms with Crippen molar-refractivity contribution in [3.8, 4) is 0 Å². The van der Waals surface area contributed by atoms with Crippen LogP contribution in [0.15, 0.2) is 0 Å². The normalized spacial score (nSPS) is 38.1. The van der Waals surface area contributed by atoms with Crippen LogP contribution in [0.25, 0.3) is 0 Å². The number of nitrogens with zero attached hydrogens (tertiary/aromatic N) is 1. The second-order valence-electron chi connectivity index (χ2n) is 7.22. The van der Waals surface area contributed by atoms with E-state index >= 15 is 0 Å². The van der Waals surface area contributed by atoms with E-state index in [-0.39, 0.29) is 0 Å². The Morgan fingerprint density at radius 2 is 1.76 bits per heavy atom. The maximum absolute atomic E-state index is 2.54. The van der Waals surface area contributed by atoms with Gasteiger partial charge in [-0.3, -0.25) is 0 Å². The van der Waals surface area contributed by atoms with Gasteiger partial charge < -0.3 is 4.90 Å². The van der Waals surface area contributed by atoms with Crippen molar-refractivity contribution in [1.29, 1.82) is 0 Å². The van der Waals surface area contributed by atoms with Gasteiger partial charge in [-0.2, -0.15) is 0 Å². The van der Waals surface area contributed by atoms with E-state index < -0.39 is 0 Å². The molecule has 0 amide bonds. The minimum atomic E-state index is 0.475. The van der Waals surface area contributed by atoms with Crippen LogP contribution >= 0.6 is 0 Å². The molecule has 0 aromatic rings. The summed E-state index contributed by atoms with van der Waals surface area (Å²) < 4.78 is 0. The quantitative estimate of drug-likeness (QED) is 0.710. The lowest BCUT2D eigenvalue weighted by Gasteiger charge is -2.50. The van der Waals surface area contributed by atoms with Crippen molar-refractivity contribution in [3.05, 3.63) is 0 Å². The molecular weight excluding hydrogens is 206 g/mol. The first-order chi connectivity index (χ1) is 7.72. The van der Waals surface area contributed by atoms with E-state index in [1.807, 2.05) is 0 Å². The Morgan fingerprint density at radius 1 is 1.24 bits per heavy atom. The van der Waals surface area contributed by atoms with Crippen LogP contribution in [0.1, 0.15) is 54.9 Å². The molecule has 5 atom stereocenters. The third-order valence-electron chi connectivity index (χ3n) is 6.02. The number of hydrogen-bond donors (Lipinski definition) is 0. The lowest BCUT2D eigenvalue weighted by Crippen LogP contribution is -2.52. The predicted octanol–water partition coefficient (Wildman–Crippen LogP) is 4.28. The van der Waals surface area contributed by atoms with E-state index in [2.05, 4.69) is 60.4 Å². The summed E-state index contributed by atoms with van der Waals surface area (Å²) in [5.41, 5.74) is 0.475. The number of piperidine rings is 1. The van der Waals surface area contributed by atoms with E-state index in [1.165, 1.54) is 13.0 Å². The third kappa shape index (κ3) is 2.86. The fourth-order valence-corrected chi connectivity index (χ4v) is 3.77. The van der Waals surface area contributed by atoms with Gasteiger partial charge in [-0.05, 0) is 43.1 Å². The largest absolute Gasteiger partial charge is 0.303 e. The van der Waals surface area contributed by atoms with Crippen molar-refractivity contribution in [3.63, 3.8) is 0 Å². The van der Waals surface area contributed by atoms with Crippen molar-refractivity contribution in [2.45, 2.75) is 60.9 Å². The summed E-state index contributed by atoms with van der Waals surface area (Å²) in [7, 11) is 2.28. The van der Waals surface area contributed by atoms with Gasteiger partial charge in [-0.25, -0.2) is 0 Å². The Hall–Kier alpha value is -0.0400. The molecule has 17 heavy (non-hydrogen) atoms. The molecule has 1 aliphatic rings. The molecule has 0 spiro atoms. The van der Waals surface area contributed by atoms with Crippen LogP contribution in [0.5, 0.6) is 0 Å². The Bertz CT molecular complexity index is 246. The first-order valence-electron chi connectivity index (χ1n) is 7.42. The molecule has 0 bridgehead atoms. The molecule has 1 saturated heterocycles. The van der Waals surface area contributed by atoms with Gasteiger partial charge in [0.05, 0.1) is 0 Å². The molecule has 0 saturated carbocycles. The summed E-state index contributed by atoms with van der Waals surface area (Å²) in [5.74, 6) is 3.32. The van der Waals surface area contributed by atoms with E-state index in [0.717, 1.165) is 29.7 Å². The Labute approximate surface area is 109 Å². The summed E-state index contributed by atoms with van der Waals surface area (Å²) in [6, 6.07) is 0.728. The molecule has 1 heteroatoms. The minimum absolute atomic E-state index is 0.475. The van der Waals surface area contributed by atoms with Gasteiger partial charge in [0.15, 0.2) is 0 Å². The maximum Gasteiger partial charge on any atom is 0.00924 e. The van der Waals surface area contributed by atoms with Crippen LogP contribution in [0.4, 0.5) is 0 Å². The summed E-state index contributed by atoms with van der Waals surface area (Å²) in [6.07, 6.45) is 1.29. The molecule has 1 heterocycles. The zero-order valence-electron chi connectivity index (χ0n) is 13.2. The van der Waals surface area contributed by atoms with E-state index in [9.17, 15) is 0 Å². The molecule has 0 N–H and O–H groups in total. The van der Waals surface area contributed by atoms with Crippen molar-refractivity contribution in [2.75, 3.05) is 13.6 Å². The SMILES string of the molecule is CCC(C)(C)C(C)C1C(C)CN(C)C(C)C1C. The lowest BCUT2D eigenvalue weighted by atomic mass is 9.61. The number of rotatable bonds is 3. The fourth-order valence-electron chi connectivity index (χ4n) is 3.77. The van der Waals surface area contributed by atoms with Crippen molar-refractivity contribution < 1.29 is 0 Å². The Morgan fingerprint density at radius 3 is 2.24 bits per heavy atom. The molecule has 0 aromatic carbocycles. The average Bonchev–Trinajstić information content (AvgIpc) is 2.26. The Balaban J connectivity index is 2.88.